The maximum atomic E-state index is 8.77. The molecule has 0 bridgehead atoms. The number of rotatable bonds is 2. The normalized spacial score (nSPS) is 10.1. The van der Waals surface area contributed by atoms with Crippen LogP contribution in [-0.2, 0) is 0 Å². The molecule has 0 aliphatic rings. The molecule has 0 atom stereocenters. The molecule has 0 aliphatic heterocycles. The molecule has 0 spiro atoms. The molecule has 2 aromatic carbocycles. The Bertz CT molecular complexity index is 721. The molecule has 0 aliphatic carbocycles. The SMILES string of the molecule is N#Cc1ccc(-c2nc(-c3ccccc3)n[nH]2)cc1. The van der Waals surface area contributed by atoms with Gasteiger partial charge in [0.1, 0.15) is 0 Å². The molecule has 0 radical (unpaired) electrons. The van der Waals surface area contributed by atoms with Crippen LogP contribution in [0.3, 0.4) is 0 Å². The third kappa shape index (κ3) is 2.22. The zero-order chi connectivity index (χ0) is 13.1. The summed E-state index contributed by atoms with van der Waals surface area (Å²) in [5.41, 5.74) is 2.51. The van der Waals surface area contributed by atoms with Gasteiger partial charge >= 0.3 is 0 Å². The van der Waals surface area contributed by atoms with E-state index in [1.54, 1.807) is 12.1 Å². The Kier molecular flexibility index (Phi) is 2.79. The summed E-state index contributed by atoms with van der Waals surface area (Å²) in [6, 6.07) is 19.1. The highest BCUT2D eigenvalue weighted by atomic mass is 15.2. The molecule has 1 N–H and O–H groups in total. The number of nitrogens with zero attached hydrogens (tertiary/aromatic N) is 3. The van der Waals surface area contributed by atoms with Crippen molar-refractivity contribution in [2.75, 3.05) is 0 Å². The first kappa shape index (κ1) is 11.2. The maximum absolute atomic E-state index is 8.77. The van der Waals surface area contributed by atoms with Crippen LogP contribution in [0.1, 0.15) is 5.56 Å². The minimum atomic E-state index is 0.631. The van der Waals surface area contributed by atoms with Gasteiger partial charge in [0.05, 0.1) is 11.6 Å². The second kappa shape index (κ2) is 4.75. The van der Waals surface area contributed by atoms with Crippen molar-refractivity contribution in [3.8, 4) is 28.8 Å². The average Bonchev–Trinajstić information content (AvgIpc) is 2.98. The number of aromatic nitrogens is 3. The fourth-order valence-corrected chi connectivity index (χ4v) is 1.81. The summed E-state index contributed by atoms with van der Waals surface area (Å²) < 4.78 is 0. The standard InChI is InChI=1S/C15H10N4/c16-10-11-6-8-13(9-7-11)15-17-14(18-19-15)12-4-2-1-3-5-12/h1-9H,(H,17,18,19). The fraction of sp³-hybridized carbons (Fsp3) is 0. The Morgan fingerprint density at radius 3 is 2.32 bits per heavy atom. The van der Waals surface area contributed by atoms with Crippen LogP contribution in [0.2, 0.25) is 0 Å². The smallest absolute Gasteiger partial charge is 0.181 e. The summed E-state index contributed by atoms with van der Waals surface area (Å²) in [5, 5.41) is 15.9. The molecule has 0 saturated carbocycles. The first-order chi connectivity index (χ1) is 9.36. The van der Waals surface area contributed by atoms with Crippen molar-refractivity contribution in [2.24, 2.45) is 0 Å². The Morgan fingerprint density at radius 2 is 1.63 bits per heavy atom. The summed E-state index contributed by atoms with van der Waals surface area (Å²) in [6.07, 6.45) is 0. The van der Waals surface area contributed by atoms with E-state index < -0.39 is 0 Å². The minimum absolute atomic E-state index is 0.631. The molecule has 0 fully saturated rings. The van der Waals surface area contributed by atoms with Crippen molar-refractivity contribution in [1.29, 1.82) is 5.26 Å². The van der Waals surface area contributed by atoms with E-state index in [1.807, 2.05) is 42.5 Å². The van der Waals surface area contributed by atoms with Crippen LogP contribution in [0.15, 0.2) is 54.6 Å². The van der Waals surface area contributed by atoms with Crippen molar-refractivity contribution >= 4 is 0 Å². The second-order valence-electron chi connectivity index (χ2n) is 4.06. The van der Waals surface area contributed by atoms with Crippen molar-refractivity contribution in [2.45, 2.75) is 0 Å². The number of nitrogens with one attached hydrogen (secondary N) is 1. The molecular weight excluding hydrogens is 236 g/mol. The molecular formula is C15H10N4. The Hall–Kier alpha value is -2.93. The van der Waals surface area contributed by atoms with Crippen LogP contribution in [-0.4, -0.2) is 15.2 Å². The summed E-state index contributed by atoms with van der Waals surface area (Å²) in [6.45, 7) is 0. The fourth-order valence-electron chi connectivity index (χ4n) is 1.81. The van der Waals surface area contributed by atoms with Crippen molar-refractivity contribution in [1.82, 2.24) is 15.2 Å². The van der Waals surface area contributed by atoms with Gasteiger partial charge in [-0.1, -0.05) is 30.3 Å². The summed E-state index contributed by atoms with van der Waals surface area (Å²) in [7, 11) is 0. The first-order valence-corrected chi connectivity index (χ1v) is 5.85. The van der Waals surface area contributed by atoms with Crippen molar-refractivity contribution in [3.05, 3.63) is 60.2 Å². The average molecular weight is 246 g/mol. The van der Waals surface area contributed by atoms with Gasteiger partial charge in [-0.2, -0.15) is 10.4 Å². The van der Waals surface area contributed by atoms with Gasteiger partial charge in [-0.3, -0.25) is 5.10 Å². The van der Waals surface area contributed by atoms with E-state index in [-0.39, 0.29) is 0 Å². The van der Waals surface area contributed by atoms with E-state index >= 15 is 0 Å². The van der Waals surface area contributed by atoms with E-state index in [9.17, 15) is 0 Å². The van der Waals surface area contributed by atoms with E-state index in [0.717, 1.165) is 11.1 Å². The molecule has 4 heteroatoms. The van der Waals surface area contributed by atoms with Gasteiger partial charge in [0.15, 0.2) is 11.6 Å². The molecule has 3 rings (SSSR count). The van der Waals surface area contributed by atoms with Gasteiger partial charge in [-0.25, -0.2) is 4.98 Å². The molecule has 0 unspecified atom stereocenters. The summed E-state index contributed by atoms with van der Waals surface area (Å²) in [5.74, 6) is 1.36. The van der Waals surface area contributed by atoms with Crippen LogP contribution >= 0.6 is 0 Å². The highest BCUT2D eigenvalue weighted by Gasteiger charge is 2.07. The van der Waals surface area contributed by atoms with Gasteiger partial charge in [-0.05, 0) is 24.3 Å². The summed E-state index contributed by atoms with van der Waals surface area (Å²) in [4.78, 5) is 4.46. The lowest BCUT2D eigenvalue weighted by Crippen LogP contribution is -1.82. The molecule has 0 saturated heterocycles. The van der Waals surface area contributed by atoms with Gasteiger partial charge in [0.2, 0.25) is 0 Å². The lowest BCUT2D eigenvalue weighted by atomic mass is 10.1. The molecule has 3 aromatic rings. The predicted octanol–water partition coefficient (Wildman–Crippen LogP) is 3.01. The number of hydrogen-bond acceptors (Lipinski definition) is 3. The second-order valence-corrected chi connectivity index (χ2v) is 4.06. The van der Waals surface area contributed by atoms with Crippen LogP contribution in [0.5, 0.6) is 0 Å². The quantitative estimate of drug-likeness (QED) is 0.755. The molecule has 1 aromatic heterocycles. The highest BCUT2D eigenvalue weighted by molar-refractivity contribution is 5.61. The minimum Gasteiger partial charge on any atom is -0.259 e. The van der Waals surface area contributed by atoms with E-state index in [4.69, 9.17) is 5.26 Å². The number of H-pyrrole nitrogens is 1. The van der Waals surface area contributed by atoms with Crippen molar-refractivity contribution < 1.29 is 0 Å². The number of benzene rings is 2. The van der Waals surface area contributed by atoms with E-state index in [0.29, 0.717) is 17.2 Å². The molecule has 90 valence electrons. The van der Waals surface area contributed by atoms with Crippen LogP contribution < -0.4 is 0 Å². The lowest BCUT2D eigenvalue weighted by Gasteiger charge is -1.95. The Labute approximate surface area is 110 Å². The molecule has 0 amide bonds. The van der Waals surface area contributed by atoms with Gasteiger partial charge < -0.3 is 0 Å². The molecule has 1 heterocycles. The topological polar surface area (TPSA) is 65.4 Å². The van der Waals surface area contributed by atoms with E-state index in [1.165, 1.54) is 0 Å². The number of hydrogen-bond donors (Lipinski definition) is 1. The van der Waals surface area contributed by atoms with Gasteiger partial charge in [-0.15, -0.1) is 0 Å². The highest BCUT2D eigenvalue weighted by Crippen LogP contribution is 2.19. The largest absolute Gasteiger partial charge is 0.259 e. The number of aromatic amines is 1. The third-order valence-electron chi connectivity index (χ3n) is 2.80. The van der Waals surface area contributed by atoms with Crippen LogP contribution in [0.25, 0.3) is 22.8 Å². The molecule has 19 heavy (non-hydrogen) atoms. The van der Waals surface area contributed by atoms with Crippen LogP contribution in [0, 0.1) is 11.3 Å². The van der Waals surface area contributed by atoms with Crippen molar-refractivity contribution in [3.63, 3.8) is 0 Å². The summed E-state index contributed by atoms with van der Waals surface area (Å²) >= 11 is 0. The maximum Gasteiger partial charge on any atom is 0.181 e. The predicted molar refractivity (Wildman–Crippen MR) is 72.0 cm³/mol. The Morgan fingerprint density at radius 1 is 0.895 bits per heavy atom. The Balaban J connectivity index is 1.95. The third-order valence-corrected chi connectivity index (χ3v) is 2.80. The number of nitriles is 1. The van der Waals surface area contributed by atoms with Gasteiger partial charge in [0.25, 0.3) is 0 Å². The zero-order valence-electron chi connectivity index (χ0n) is 10.0. The monoisotopic (exact) mass is 246 g/mol. The van der Waals surface area contributed by atoms with E-state index in [2.05, 4.69) is 21.3 Å². The lowest BCUT2D eigenvalue weighted by molar-refractivity contribution is 1.10. The van der Waals surface area contributed by atoms with Crippen LogP contribution in [0.4, 0.5) is 0 Å². The molecule has 4 nitrogen and oxygen atoms in total. The zero-order valence-corrected chi connectivity index (χ0v) is 10.0. The van der Waals surface area contributed by atoms with Gasteiger partial charge in [0, 0.05) is 11.1 Å². The first-order valence-electron chi connectivity index (χ1n) is 5.85.